The van der Waals surface area contributed by atoms with Crippen LogP contribution in [-0.4, -0.2) is 49.1 Å². The molecule has 34 heavy (non-hydrogen) atoms. The van der Waals surface area contributed by atoms with E-state index in [0.717, 1.165) is 55.7 Å². The van der Waals surface area contributed by atoms with Crippen LogP contribution in [-0.2, 0) is 10.0 Å². The molecule has 4 fully saturated rings. The lowest BCUT2D eigenvalue weighted by Gasteiger charge is -2.57. The zero-order valence-corrected chi connectivity index (χ0v) is 20.1. The maximum atomic E-state index is 12.8. The predicted molar refractivity (Wildman–Crippen MR) is 124 cm³/mol. The molecule has 1 aromatic rings. The van der Waals surface area contributed by atoms with Gasteiger partial charge in [-0.15, -0.1) is 17.6 Å². The zero-order valence-electron chi connectivity index (χ0n) is 18.5. The van der Waals surface area contributed by atoms with E-state index in [1.165, 1.54) is 25.6 Å². The summed E-state index contributed by atoms with van der Waals surface area (Å²) in [7, 11) is -4.13. The highest BCUT2D eigenvalue weighted by molar-refractivity contribution is 8.13. The summed E-state index contributed by atoms with van der Waals surface area (Å²) in [5.41, 5.74) is 3.53. The molecule has 1 N–H and O–H groups in total. The lowest BCUT2D eigenvalue weighted by molar-refractivity contribution is -0.274. The van der Waals surface area contributed by atoms with E-state index >= 15 is 0 Å². The first-order valence-electron chi connectivity index (χ1n) is 11.5. The van der Waals surface area contributed by atoms with Crippen molar-refractivity contribution in [3.05, 3.63) is 24.3 Å². The molecule has 1 aromatic carbocycles. The van der Waals surface area contributed by atoms with Crippen LogP contribution in [0.15, 0.2) is 38.6 Å². The Bertz CT molecular complexity index is 1040. The molecule has 1 heterocycles. The minimum atomic E-state index is -4.85. The summed E-state index contributed by atoms with van der Waals surface area (Å²) in [6.45, 7) is 0.669. The molecule has 0 amide bonds. The third kappa shape index (κ3) is 5.38. The number of nitrogens with zero attached hydrogens (tertiary/aromatic N) is 3. The minimum absolute atomic E-state index is 0.0817. The first kappa shape index (κ1) is 23.9. The van der Waals surface area contributed by atoms with Gasteiger partial charge in [-0.05, 0) is 87.0 Å². The van der Waals surface area contributed by atoms with Gasteiger partial charge in [0, 0.05) is 17.8 Å². The number of benzene rings is 1. The van der Waals surface area contributed by atoms with Crippen LogP contribution < -0.4 is 10.2 Å². The SMILES string of the molecule is O=S(=O)(/N=C\N(NC12CC3CC(CC(C3)C1)C2)C1=NCCCS1)c1ccc(OC(F)(F)F)cc1. The highest BCUT2D eigenvalue weighted by atomic mass is 32.2. The molecule has 4 aliphatic carbocycles. The largest absolute Gasteiger partial charge is 0.573 e. The molecule has 0 unspecified atom stereocenters. The fraction of sp³-hybridized carbons (Fsp3) is 0.636. The number of hydrazine groups is 1. The molecule has 1 aliphatic heterocycles. The fourth-order valence-electron chi connectivity index (χ4n) is 6.21. The summed E-state index contributed by atoms with van der Waals surface area (Å²) < 4.78 is 70.4. The second-order valence-electron chi connectivity index (χ2n) is 9.76. The van der Waals surface area contributed by atoms with Crippen molar-refractivity contribution >= 4 is 33.3 Å². The van der Waals surface area contributed by atoms with Crippen molar-refractivity contribution in [3.63, 3.8) is 0 Å². The third-order valence-electron chi connectivity index (χ3n) is 7.04. The number of alkyl halides is 3. The number of hydrogen-bond acceptors (Lipinski definition) is 6. The van der Waals surface area contributed by atoms with Crippen molar-refractivity contribution in [3.8, 4) is 5.75 Å². The van der Waals surface area contributed by atoms with Crippen LogP contribution in [0.2, 0.25) is 0 Å². The van der Waals surface area contributed by atoms with Crippen LogP contribution in [0.5, 0.6) is 5.75 Å². The van der Waals surface area contributed by atoms with E-state index in [0.29, 0.717) is 29.5 Å². The van der Waals surface area contributed by atoms with E-state index in [1.807, 2.05) is 0 Å². The maximum Gasteiger partial charge on any atom is 0.573 e. The van der Waals surface area contributed by atoms with Gasteiger partial charge in [-0.2, -0.15) is 8.42 Å². The number of ether oxygens (including phenoxy) is 1. The Morgan fingerprint density at radius 1 is 1.12 bits per heavy atom. The van der Waals surface area contributed by atoms with Gasteiger partial charge in [-0.3, -0.25) is 4.99 Å². The van der Waals surface area contributed by atoms with Gasteiger partial charge < -0.3 is 4.74 Å². The molecule has 4 saturated carbocycles. The Morgan fingerprint density at radius 3 is 2.26 bits per heavy atom. The number of rotatable bonds is 6. The molecule has 0 aromatic heterocycles. The Labute approximate surface area is 201 Å². The molecule has 186 valence electrons. The molecule has 0 atom stereocenters. The van der Waals surface area contributed by atoms with Crippen molar-refractivity contribution in [1.29, 1.82) is 0 Å². The van der Waals surface area contributed by atoms with E-state index in [2.05, 4.69) is 19.6 Å². The monoisotopic (exact) mass is 516 g/mol. The molecule has 4 bridgehead atoms. The quantitative estimate of drug-likeness (QED) is 0.339. The van der Waals surface area contributed by atoms with Gasteiger partial charge in [0.2, 0.25) is 0 Å². The number of aliphatic imine (C=N–C) groups is 1. The first-order chi connectivity index (χ1) is 16.1. The summed E-state index contributed by atoms with van der Waals surface area (Å²) in [4.78, 5) is 4.36. The van der Waals surface area contributed by atoms with Gasteiger partial charge in [-0.1, -0.05) is 11.8 Å². The molecule has 12 heteroatoms. The van der Waals surface area contributed by atoms with E-state index in [9.17, 15) is 21.6 Å². The van der Waals surface area contributed by atoms with Gasteiger partial charge in [0.15, 0.2) is 5.17 Å². The number of nitrogens with one attached hydrogen (secondary N) is 1. The number of thioether (sulfide) groups is 1. The van der Waals surface area contributed by atoms with Crippen LogP contribution in [0.1, 0.15) is 44.9 Å². The summed E-state index contributed by atoms with van der Waals surface area (Å²) in [6, 6.07) is 4.03. The van der Waals surface area contributed by atoms with Crippen molar-refractivity contribution in [1.82, 2.24) is 10.4 Å². The second kappa shape index (κ2) is 9.02. The Balaban J connectivity index is 1.36. The number of halogens is 3. The fourth-order valence-corrected chi connectivity index (χ4v) is 7.90. The molecule has 6 rings (SSSR count). The normalized spacial score (nSPS) is 31.0. The van der Waals surface area contributed by atoms with Gasteiger partial charge in [0.25, 0.3) is 10.0 Å². The number of sulfonamides is 1. The summed E-state index contributed by atoms with van der Waals surface area (Å²) in [5, 5.41) is 2.35. The summed E-state index contributed by atoms with van der Waals surface area (Å²) >= 11 is 1.56. The Kier molecular flexibility index (Phi) is 6.34. The Morgan fingerprint density at radius 2 is 1.74 bits per heavy atom. The van der Waals surface area contributed by atoms with Gasteiger partial charge in [0.05, 0.1) is 4.90 Å². The van der Waals surface area contributed by atoms with Crippen molar-refractivity contribution in [2.24, 2.45) is 27.1 Å². The smallest absolute Gasteiger partial charge is 0.406 e. The third-order valence-corrected chi connectivity index (χ3v) is 9.36. The highest BCUT2D eigenvalue weighted by Crippen LogP contribution is 2.55. The summed E-state index contributed by atoms with van der Waals surface area (Å²) in [6.07, 6.45) is 4.41. The topological polar surface area (TPSA) is 83.4 Å². The van der Waals surface area contributed by atoms with Crippen molar-refractivity contribution < 1.29 is 26.3 Å². The maximum absolute atomic E-state index is 12.8. The zero-order chi connectivity index (χ0) is 24.0. The van der Waals surface area contributed by atoms with Gasteiger partial charge in [-0.25, -0.2) is 10.4 Å². The minimum Gasteiger partial charge on any atom is -0.406 e. The standard InChI is InChI=1S/C22H27F3N4O3S2/c23-22(24,25)32-18-2-4-19(5-3-18)34(30,31)27-14-29(20-26-6-1-7-33-20)28-21-11-15-8-16(12-21)10-17(9-15)13-21/h2-5,14-17,28H,1,6-13H2/b27-14-. The molecule has 5 aliphatic rings. The van der Waals surface area contributed by atoms with Crippen LogP contribution in [0.25, 0.3) is 0 Å². The molecular weight excluding hydrogens is 489 g/mol. The number of hydrogen-bond donors (Lipinski definition) is 1. The lowest BCUT2D eigenvalue weighted by atomic mass is 9.53. The molecule has 0 spiro atoms. The first-order valence-corrected chi connectivity index (χ1v) is 13.9. The molecule has 0 saturated heterocycles. The van der Waals surface area contributed by atoms with Crippen LogP contribution >= 0.6 is 11.8 Å². The van der Waals surface area contributed by atoms with Crippen LogP contribution in [0.3, 0.4) is 0 Å². The van der Waals surface area contributed by atoms with E-state index < -0.39 is 22.1 Å². The van der Waals surface area contributed by atoms with E-state index in [1.54, 1.807) is 16.8 Å². The van der Waals surface area contributed by atoms with Crippen molar-refractivity contribution in [2.75, 3.05) is 12.3 Å². The van der Waals surface area contributed by atoms with Gasteiger partial charge in [0.1, 0.15) is 12.1 Å². The van der Waals surface area contributed by atoms with E-state index in [4.69, 9.17) is 0 Å². The van der Waals surface area contributed by atoms with Crippen molar-refractivity contribution in [2.45, 2.75) is 61.7 Å². The summed E-state index contributed by atoms with van der Waals surface area (Å²) in [5.74, 6) is 2.52. The molecule has 7 nitrogen and oxygen atoms in total. The van der Waals surface area contributed by atoms with Crippen LogP contribution in [0, 0.1) is 17.8 Å². The predicted octanol–water partition coefficient (Wildman–Crippen LogP) is 4.57. The Hall–Kier alpha value is -1.79. The number of amidine groups is 1. The van der Waals surface area contributed by atoms with Crippen LogP contribution in [0.4, 0.5) is 13.2 Å². The molecular formula is C22H27F3N4O3S2. The molecule has 0 radical (unpaired) electrons. The average molecular weight is 517 g/mol. The second-order valence-corrected chi connectivity index (χ2v) is 12.5. The van der Waals surface area contributed by atoms with E-state index in [-0.39, 0.29) is 10.4 Å². The lowest BCUT2D eigenvalue weighted by Crippen LogP contribution is -2.63. The van der Waals surface area contributed by atoms with Gasteiger partial charge >= 0.3 is 6.36 Å². The highest BCUT2D eigenvalue weighted by Gasteiger charge is 2.51. The average Bonchev–Trinajstić information content (AvgIpc) is 2.75.